The molecule has 0 saturated heterocycles. The first kappa shape index (κ1) is 18.1. The second kappa shape index (κ2) is 7.13. The average molecular weight is 359 g/mol. The van der Waals surface area contributed by atoms with E-state index in [1.54, 1.807) is 25.1 Å². The van der Waals surface area contributed by atoms with Crippen LogP contribution >= 0.6 is 11.6 Å². The van der Waals surface area contributed by atoms with E-state index in [0.29, 0.717) is 16.1 Å². The summed E-state index contributed by atoms with van der Waals surface area (Å²) in [7, 11) is 1.19. The maximum Gasteiger partial charge on any atom is 0.416 e. The Morgan fingerprint density at radius 2 is 1.88 bits per heavy atom. The van der Waals surface area contributed by atoms with Crippen LogP contribution in [0.2, 0.25) is 5.02 Å². The molecule has 0 atom stereocenters. The molecule has 0 aliphatic carbocycles. The lowest BCUT2D eigenvalue weighted by Crippen LogP contribution is -2.13. The van der Waals surface area contributed by atoms with Crippen LogP contribution in [0, 0.1) is 6.92 Å². The highest BCUT2D eigenvalue weighted by Gasteiger charge is 2.31. The Morgan fingerprint density at radius 1 is 1.17 bits per heavy atom. The number of hydrogen-bond donors (Lipinski definition) is 0. The van der Waals surface area contributed by atoms with Gasteiger partial charge in [0.1, 0.15) is 5.75 Å². The van der Waals surface area contributed by atoms with E-state index in [2.05, 4.69) is 4.74 Å². The lowest BCUT2D eigenvalue weighted by molar-refractivity contribution is -0.143. The maximum atomic E-state index is 13.0. The number of esters is 1. The third-order valence-electron chi connectivity index (χ3n) is 3.44. The summed E-state index contributed by atoms with van der Waals surface area (Å²) in [6.07, 6.45) is -4.50. The normalized spacial score (nSPS) is 11.2. The Morgan fingerprint density at radius 3 is 2.50 bits per heavy atom. The Labute approximate surface area is 142 Å². The van der Waals surface area contributed by atoms with Crippen LogP contribution < -0.4 is 4.74 Å². The minimum atomic E-state index is -4.50. The number of rotatable bonds is 4. The number of methoxy groups -OCH3 is 1. The van der Waals surface area contributed by atoms with Gasteiger partial charge in [-0.1, -0.05) is 23.7 Å². The summed E-state index contributed by atoms with van der Waals surface area (Å²) < 4.78 is 48.9. The fourth-order valence-electron chi connectivity index (χ4n) is 2.14. The third-order valence-corrected chi connectivity index (χ3v) is 3.85. The Bertz CT molecular complexity index is 757. The van der Waals surface area contributed by atoms with Crippen molar-refractivity contribution in [3.63, 3.8) is 0 Å². The quantitative estimate of drug-likeness (QED) is 0.730. The summed E-state index contributed by atoms with van der Waals surface area (Å²) in [6, 6.07) is 7.97. The molecular weight excluding hydrogens is 345 g/mol. The molecule has 128 valence electrons. The molecule has 24 heavy (non-hydrogen) atoms. The van der Waals surface area contributed by atoms with Gasteiger partial charge in [-0.05, 0) is 42.3 Å². The van der Waals surface area contributed by atoms with Crippen molar-refractivity contribution in [2.24, 2.45) is 0 Å². The zero-order valence-electron chi connectivity index (χ0n) is 12.9. The zero-order valence-corrected chi connectivity index (χ0v) is 13.7. The van der Waals surface area contributed by atoms with Gasteiger partial charge in [0.2, 0.25) is 0 Å². The first-order valence-electron chi connectivity index (χ1n) is 6.90. The summed E-state index contributed by atoms with van der Waals surface area (Å²) in [6.45, 7) is 1.29. The molecule has 0 heterocycles. The fraction of sp³-hybridized carbons (Fsp3) is 0.235. The maximum absolute atomic E-state index is 13.0. The second-order valence-corrected chi connectivity index (χ2v) is 5.39. The number of halogens is 4. The van der Waals surface area contributed by atoms with E-state index < -0.39 is 24.3 Å². The van der Waals surface area contributed by atoms with Crippen LogP contribution in [0.4, 0.5) is 13.2 Å². The van der Waals surface area contributed by atoms with Gasteiger partial charge in [0, 0.05) is 10.6 Å². The topological polar surface area (TPSA) is 35.5 Å². The van der Waals surface area contributed by atoms with Crippen LogP contribution in [0.3, 0.4) is 0 Å². The summed E-state index contributed by atoms with van der Waals surface area (Å²) >= 11 is 6.06. The molecule has 0 radical (unpaired) electrons. The zero-order chi connectivity index (χ0) is 17.9. The van der Waals surface area contributed by atoms with Gasteiger partial charge in [0.05, 0.1) is 12.7 Å². The van der Waals surface area contributed by atoms with Gasteiger partial charge in [-0.3, -0.25) is 0 Å². The van der Waals surface area contributed by atoms with Crippen molar-refractivity contribution in [2.75, 3.05) is 13.7 Å². The van der Waals surface area contributed by atoms with Crippen molar-refractivity contribution in [2.45, 2.75) is 13.1 Å². The minimum Gasteiger partial charge on any atom is -0.481 e. The average Bonchev–Trinajstić information content (AvgIpc) is 2.54. The lowest BCUT2D eigenvalue weighted by atomic mass is 9.97. The predicted molar refractivity (Wildman–Crippen MR) is 84.1 cm³/mol. The summed E-state index contributed by atoms with van der Waals surface area (Å²) in [5.41, 5.74) is 0.492. The van der Waals surface area contributed by atoms with Gasteiger partial charge in [0.25, 0.3) is 0 Å². The van der Waals surface area contributed by atoms with E-state index in [-0.39, 0.29) is 11.3 Å². The van der Waals surface area contributed by atoms with Crippen LogP contribution in [0.1, 0.15) is 11.1 Å². The van der Waals surface area contributed by atoms with Gasteiger partial charge in [-0.2, -0.15) is 13.2 Å². The Balaban J connectivity index is 2.55. The number of benzene rings is 2. The molecule has 0 aromatic heterocycles. The summed E-state index contributed by atoms with van der Waals surface area (Å²) in [5.74, 6) is -0.498. The Hall–Kier alpha value is -2.21. The van der Waals surface area contributed by atoms with Crippen LogP contribution in [0.15, 0.2) is 36.4 Å². The number of hydrogen-bond acceptors (Lipinski definition) is 3. The molecule has 7 heteroatoms. The van der Waals surface area contributed by atoms with Gasteiger partial charge in [-0.25, -0.2) is 4.79 Å². The fourth-order valence-corrected chi connectivity index (χ4v) is 2.31. The standard InChI is InChI=1S/C17H14ClF3O3/c1-10-12(4-3-5-14(10)18)13-8-11(17(19,20)21)6-7-15(13)24-9-16(22)23-2/h3-8H,9H2,1-2H3. The molecule has 0 aliphatic rings. The summed E-state index contributed by atoms with van der Waals surface area (Å²) in [4.78, 5) is 11.2. The van der Waals surface area contributed by atoms with Gasteiger partial charge >= 0.3 is 12.1 Å². The highest BCUT2D eigenvalue weighted by Crippen LogP contribution is 2.39. The SMILES string of the molecule is COC(=O)COc1ccc(C(F)(F)F)cc1-c1cccc(Cl)c1C. The second-order valence-electron chi connectivity index (χ2n) is 4.99. The van der Waals surface area contributed by atoms with E-state index in [9.17, 15) is 18.0 Å². The molecule has 0 fully saturated rings. The van der Waals surface area contributed by atoms with Crippen LogP contribution in [0.5, 0.6) is 5.75 Å². The molecule has 0 saturated carbocycles. The van der Waals surface area contributed by atoms with Crippen molar-refractivity contribution >= 4 is 17.6 Å². The summed E-state index contributed by atoms with van der Waals surface area (Å²) in [5, 5.41) is 0.420. The largest absolute Gasteiger partial charge is 0.481 e. The third kappa shape index (κ3) is 4.00. The predicted octanol–water partition coefficient (Wildman–Crippen LogP) is 4.89. The molecule has 0 spiro atoms. The van der Waals surface area contributed by atoms with Gasteiger partial charge < -0.3 is 9.47 Å². The van der Waals surface area contributed by atoms with Crippen LogP contribution in [0.25, 0.3) is 11.1 Å². The molecule has 0 aliphatic heterocycles. The van der Waals surface area contributed by atoms with Crippen molar-refractivity contribution in [1.29, 1.82) is 0 Å². The molecule has 0 unspecified atom stereocenters. The number of carbonyl (C=O) groups is 1. The van der Waals surface area contributed by atoms with Crippen molar-refractivity contribution in [3.05, 3.63) is 52.5 Å². The highest BCUT2D eigenvalue weighted by molar-refractivity contribution is 6.31. The highest BCUT2D eigenvalue weighted by atomic mass is 35.5. The van der Waals surface area contributed by atoms with E-state index in [0.717, 1.165) is 12.1 Å². The molecule has 2 aromatic rings. The molecule has 0 N–H and O–H groups in total. The van der Waals surface area contributed by atoms with Crippen molar-refractivity contribution < 1.29 is 27.4 Å². The monoisotopic (exact) mass is 358 g/mol. The van der Waals surface area contributed by atoms with Crippen molar-refractivity contribution in [3.8, 4) is 16.9 Å². The van der Waals surface area contributed by atoms with Crippen molar-refractivity contribution in [1.82, 2.24) is 0 Å². The molecule has 0 amide bonds. The van der Waals surface area contributed by atoms with E-state index in [1.165, 1.54) is 13.2 Å². The van der Waals surface area contributed by atoms with E-state index in [4.69, 9.17) is 16.3 Å². The molecule has 2 aromatic carbocycles. The number of ether oxygens (including phenoxy) is 2. The smallest absolute Gasteiger partial charge is 0.416 e. The van der Waals surface area contributed by atoms with Gasteiger partial charge in [0.15, 0.2) is 6.61 Å². The Kier molecular flexibility index (Phi) is 5.39. The van der Waals surface area contributed by atoms with Crippen LogP contribution in [-0.2, 0) is 15.7 Å². The molecule has 0 bridgehead atoms. The van der Waals surface area contributed by atoms with E-state index >= 15 is 0 Å². The first-order chi connectivity index (χ1) is 11.2. The van der Waals surface area contributed by atoms with Crippen LogP contribution in [-0.4, -0.2) is 19.7 Å². The molecular formula is C17H14ClF3O3. The number of alkyl halides is 3. The molecule has 3 nitrogen and oxygen atoms in total. The van der Waals surface area contributed by atoms with E-state index in [1.807, 2.05) is 0 Å². The first-order valence-corrected chi connectivity index (χ1v) is 7.28. The lowest BCUT2D eigenvalue weighted by Gasteiger charge is -2.16. The number of carbonyl (C=O) groups excluding carboxylic acids is 1. The molecule has 2 rings (SSSR count). The van der Waals surface area contributed by atoms with Gasteiger partial charge in [-0.15, -0.1) is 0 Å². The minimum absolute atomic E-state index is 0.138.